The van der Waals surface area contributed by atoms with Crippen molar-refractivity contribution in [2.45, 2.75) is 19.4 Å². The Kier molecular flexibility index (Phi) is 5.01. The SMILES string of the molecule is NCc1cc(F)c(OCCCc2ccncc2)c(F)c1. The molecular formula is C15H16F2N2O. The highest BCUT2D eigenvalue weighted by molar-refractivity contribution is 5.31. The maximum absolute atomic E-state index is 13.6. The van der Waals surface area contributed by atoms with Gasteiger partial charge in [-0.15, -0.1) is 0 Å². The number of benzene rings is 1. The van der Waals surface area contributed by atoms with Gasteiger partial charge in [-0.2, -0.15) is 0 Å². The van der Waals surface area contributed by atoms with Crippen LogP contribution >= 0.6 is 0 Å². The second-order valence-electron chi connectivity index (χ2n) is 4.40. The molecule has 0 spiro atoms. The molecule has 0 fully saturated rings. The molecule has 0 radical (unpaired) electrons. The first-order chi connectivity index (χ1) is 9.70. The molecule has 1 heterocycles. The lowest BCUT2D eigenvalue weighted by Gasteiger charge is -2.09. The first-order valence-corrected chi connectivity index (χ1v) is 6.40. The molecule has 1 aromatic heterocycles. The number of nitrogens with two attached hydrogens (primary N) is 1. The molecule has 0 atom stereocenters. The molecule has 0 unspecified atom stereocenters. The smallest absolute Gasteiger partial charge is 0.190 e. The van der Waals surface area contributed by atoms with Crippen molar-refractivity contribution in [2.24, 2.45) is 5.73 Å². The van der Waals surface area contributed by atoms with Crippen LogP contribution in [0.1, 0.15) is 17.5 Å². The lowest BCUT2D eigenvalue weighted by atomic mass is 10.1. The fraction of sp³-hybridized carbons (Fsp3) is 0.267. The number of rotatable bonds is 6. The minimum absolute atomic E-state index is 0.0934. The van der Waals surface area contributed by atoms with Gasteiger partial charge in [-0.25, -0.2) is 8.78 Å². The zero-order chi connectivity index (χ0) is 14.4. The predicted molar refractivity (Wildman–Crippen MR) is 72.3 cm³/mol. The number of aromatic nitrogens is 1. The van der Waals surface area contributed by atoms with Crippen LogP contribution in [0.5, 0.6) is 5.75 Å². The predicted octanol–water partition coefficient (Wildman–Crippen LogP) is 2.83. The third-order valence-corrected chi connectivity index (χ3v) is 2.90. The van der Waals surface area contributed by atoms with Gasteiger partial charge in [0.15, 0.2) is 17.4 Å². The number of ether oxygens (including phenoxy) is 1. The molecule has 2 aromatic rings. The van der Waals surface area contributed by atoms with Crippen LogP contribution < -0.4 is 10.5 Å². The van der Waals surface area contributed by atoms with Crippen molar-refractivity contribution in [3.8, 4) is 5.75 Å². The summed E-state index contributed by atoms with van der Waals surface area (Å²) in [6.07, 6.45) is 4.86. The van der Waals surface area contributed by atoms with E-state index in [1.165, 1.54) is 12.1 Å². The van der Waals surface area contributed by atoms with Crippen LogP contribution in [0.15, 0.2) is 36.7 Å². The van der Waals surface area contributed by atoms with E-state index in [0.29, 0.717) is 12.0 Å². The maximum atomic E-state index is 13.6. The van der Waals surface area contributed by atoms with Crippen LogP contribution in [0.2, 0.25) is 0 Å². The Morgan fingerprint density at radius 3 is 2.30 bits per heavy atom. The summed E-state index contributed by atoms with van der Waals surface area (Å²) in [6, 6.07) is 6.19. The molecule has 0 aliphatic carbocycles. The van der Waals surface area contributed by atoms with Gasteiger partial charge in [-0.05, 0) is 48.2 Å². The Morgan fingerprint density at radius 2 is 1.70 bits per heavy atom. The fourth-order valence-corrected chi connectivity index (χ4v) is 1.87. The Hall–Kier alpha value is -2.01. The number of aryl methyl sites for hydroxylation is 1. The molecule has 2 N–H and O–H groups in total. The normalized spacial score (nSPS) is 10.6. The number of hydrogen-bond acceptors (Lipinski definition) is 3. The van der Waals surface area contributed by atoms with Gasteiger partial charge >= 0.3 is 0 Å². The molecule has 0 bridgehead atoms. The van der Waals surface area contributed by atoms with E-state index in [0.717, 1.165) is 12.0 Å². The van der Waals surface area contributed by atoms with Crippen molar-refractivity contribution in [3.05, 3.63) is 59.4 Å². The first-order valence-electron chi connectivity index (χ1n) is 6.40. The van der Waals surface area contributed by atoms with E-state index in [4.69, 9.17) is 10.5 Å². The third kappa shape index (κ3) is 3.74. The topological polar surface area (TPSA) is 48.1 Å². The summed E-state index contributed by atoms with van der Waals surface area (Å²) in [7, 11) is 0. The number of nitrogens with zero attached hydrogens (tertiary/aromatic N) is 1. The van der Waals surface area contributed by atoms with E-state index < -0.39 is 11.6 Å². The molecule has 106 valence electrons. The van der Waals surface area contributed by atoms with Gasteiger partial charge in [0.05, 0.1) is 6.61 Å². The van der Waals surface area contributed by atoms with Crippen LogP contribution in [0, 0.1) is 11.6 Å². The van der Waals surface area contributed by atoms with Crippen LogP contribution in [0.4, 0.5) is 8.78 Å². The van der Waals surface area contributed by atoms with Crippen molar-refractivity contribution >= 4 is 0 Å². The molecule has 0 saturated heterocycles. The molecule has 3 nitrogen and oxygen atoms in total. The van der Waals surface area contributed by atoms with Crippen molar-refractivity contribution in [2.75, 3.05) is 6.61 Å². The number of pyridine rings is 1. The van der Waals surface area contributed by atoms with Gasteiger partial charge < -0.3 is 10.5 Å². The Balaban J connectivity index is 1.88. The molecule has 0 aliphatic rings. The Bertz CT molecular complexity index is 538. The van der Waals surface area contributed by atoms with E-state index in [2.05, 4.69) is 4.98 Å². The monoisotopic (exact) mass is 278 g/mol. The highest BCUT2D eigenvalue weighted by Gasteiger charge is 2.12. The van der Waals surface area contributed by atoms with Gasteiger partial charge in [0, 0.05) is 18.9 Å². The zero-order valence-corrected chi connectivity index (χ0v) is 11.0. The van der Waals surface area contributed by atoms with E-state index >= 15 is 0 Å². The molecule has 2 rings (SSSR count). The minimum atomic E-state index is -0.714. The molecule has 0 amide bonds. The molecule has 0 aliphatic heterocycles. The summed E-state index contributed by atoms with van der Waals surface area (Å²) >= 11 is 0. The second kappa shape index (κ2) is 6.96. The number of halogens is 2. The second-order valence-corrected chi connectivity index (χ2v) is 4.40. The summed E-state index contributed by atoms with van der Waals surface area (Å²) in [5.74, 6) is -1.76. The van der Waals surface area contributed by atoms with E-state index in [9.17, 15) is 8.78 Å². The highest BCUT2D eigenvalue weighted by atomic mass is 19.1. The lowest BCUT2D eigenvalue weighted by molar-refractivity contribution is 0.279. The van der Waals surface area contributed by atoms with Gasteiger partial charge in [0.1, 0.15) is 0 Å². The largest absolute Gasteiger partial charge is 0.488 e. The standard InChI is InChI=1S/C15H16F2N2O/c16-13-8-12(10-18)9-14(17)15(13)20-7-1-2-11-3-5-19-6-4-11/h3-6,8-9H,1-2,7,10,18H2. The average Bonchev–Trinajstić information content (AvgIpc) is 2.46. The van der Waals surface area contributed by atoms with E-state index in [-0.39, 0.29) is 18.9 Å². The van der Waals surface area contributed by atoms with Crippen molar-refractivity contribution in [1.82, 2.24) is 4.98 Å². The molecular weight excluding hydrogens is 262 g/mol. The minimum Gasteiger partial charge on any atom is -0.488 e. The summed E-state index contributed by atoms with van der Waals surface area (Å²) in [5, 5.41) is 0. The highest BCUT2D eigenvalue weighted by Crippen LogP contribution is 2.23. The fourth-order valence-electron chi connectivity index (χ4n) is 1.87. The van der Waals surface area contributed by atoms with Crippen LogP contribution in [-0.4, -0.2) is 11.6 Å². The van der Waals surface area contributed by atoms with Crippen LogP contribution in [-0.2, 0) is 13.0 Å². The Labute approximate surface area is 116 Å². The van der Waals surface area contributed by atoms with Crippen molar-refractivity contribution in [3.63, 3.8) is 0 Å². The summed E-state index contributed by atoms with van der Waals surface area (Å²) in [6.45, 7) is 0.342. The number of hydrogen-bond donors (Lipinski definition) is 1. The van der Waals surface area contributed by atoms with Gasteiger partial charge in [-0.3, -0.25) is 4.98 Å². The molecule has 20 heavy (non-hydrogen) atoms. The van der Waals surface area contributed by atoms with E-state index in [1.54, 1.807) is 12.4 Å². The Morgan fingerprint density at radius 1 is 1.05 bits per heavy atom. The molecule has 0 saturated carbocycles. The van der Waals surface area contributed by atoms with Gasteiger partial charge in [-0.1, -0.05) is 0 Å². The summed E-state index contributed by atoms with van der Waals surface area (Å²) in [5.41, 5.74) is 6.86. The maximum Gasteiger partial charge on any atom is 0.190 e. The third-order valence-electron chi connectivity index (χ3n) is 2.90. The van der Waals surface area contributed by atoms with Crippen molar-refractivity contribution < 1.29 is 13.5 Å². The van der Waals surface area contributed by atoms with Crippen LogP contribution in [0.25, 0.3) is 0 Å². The first kappa shape index (κ1) is 14.4. The molecule has 5 heteroatoms. The van der Waals surface area contributed by atoms with Crippen LogP contribution in [0.3, 0.4) is 0 Å². The lowest BCUT2D eigenvalue weighted by Crippen LogP contribution is -2.05. The summed E-state index contributed by atoms with van der Waals surface area (Å²) in [4.78, 5) is 3.92. The summed E-state index contributed by atoms with van der Waals surface area (Å²) < 4.78 is 32.4. The molecule has 1 aromatic carbocycles. The van der Waals surface area contributed by atoms with Gasteiger partial charge in [0.2, 0.25) is 0 Å². The average molecular weight is 278 g/mol. The van der Waals surface area contributed by atoms with Crippen molar-refractivity contribution in [1.29, 1.82) is 0 Å². The van der Waals surface area contributed by atoms with Gasteiger partial charge in [0.25, 0.3) is 0 Å². The quantitative estimate of drug-likeness (QED) is 0.827. The van der Waals surface area contributed by atoms with E-state index in [1.807, 2.05) is 12.1 Å². The zero-order valence-electron chi connectivity index (χ0n) is 11.0.